The number of aryl methyl sites for hydroxylation is 1. The number of nitrogens with zero attached hydrogens (tertiary/aromatic N) is 1. The second kappa shape index (κ2) is 7.80. The molecule has 3 aromatic carbocycles. The molecule has 1 N–H and O–H groups in total. The zero-order chi connectivity index (χ0) is 20.4. The number of para-hydroxylation sites is 1. The van der Waals surface area contributed by atoms with Crippen molar-refractivity contribution in [1.29, 1.82) is 0 Å². The van der Waals surface area contributed by atoms with E-state index < -0.39 is 0 Å². The minimum absolute atomic E-state index is 0.0226. The van der Waals surface area contributed by atoms with Crippen LogP contribution in [0.15, 0.2) is 66.9 Å². The van der Waals surface area contributed by atoms with E-state index in [1.165, 1.54) is 0 Å². The molecule has 5 heteroatoms. The zero-order valence-corrected chi connectivity index (χ0v) is 16.4. The third-order valence-electron chi connectivity index (χ3n) is 5.15. The topological polar surface area (TPSA) is 60.3 Å². The summed E-state index contributed by atoms with van der Waals surface area (Å²) in [4.78, 5) is 24.9. The van der Waals surface area contributed by atoms with E-state index in [1.807, 2.05) is 72.4 Å². The Balaban J connectivity index is 1.42. The predicted molar refractivity (Wildman–Crippen MR) is 114 cm³/mol. The van der Waals surface area contributed by atoms with Crippen molar-refractivity contribution in [2.45, 2.75) is 6.42 Å². The highest BCUT2D eigenvalue weighted by atomic mass is 16.5. The van der Waals surface area contributed by atoms with E-state index in [0.717, 1.165) is 33.0 Å². The number of ether oxygens (including phenoxy) is 1. The molecule has 4 rings (SSSR count). The number of carbonyl (C=O) groups excluding carboxylic acids is 2. The van der Waals surface area contributed by atoms with Gasteiger partial charge < -0.3 is 14.6 Å². The first kappa shape index (κ1) is 18.7. The van der Waals surface area contributed by atoms with Gasteiger partial charge in [0.1, 0.15) is 5.75 Å². The Morgan fingerprint density at radius 1 is 1.00 bits per heavy atom. The Labute approximate surface area is 168 Å². The summed E-state index contributed by atoms with van der Waals surface area (Å²) < 4.78 is 7.23. The van der Waals surface area contributed by atoms with Gasteiger partial charge in [-0.15, -0.1) is 0 Å². The van der Waals surface area contributed by atoms with E-state index in [0.29, 0.717) is 5.56 Å². The SMILES string of the molecule is COc1ccc2cc(C(=O)CNC(=O)Cc3cn(C)c4ccccc34)ccc2c1. The smallest absolute Gasteiger partial charge is 0.224 e. The maximum Gasteiger partial charge on any atom is 0.224 e. The summed E-state index contributed by atoms with van der Waals surface area (Å²) in [6, 6.07) is 19.2. The van der Waals surface area contributed by atoms with Gasteiger partial charge >= 0.3 is 0 Å². The van der Waals surface area contributed by atoms with E-state index >= 15 is 0 Å². The lowest BCUT2D eigenvalue weighted by atomic mass is 10.0. The van der Waals surface area contributed by atoms with Crippen LogP contribution >= 0.6 is 0 Å². The fourth-order valence-electron chi connectivity index (χ4n) is 3.61. The first-order valence-corrected chi connectivity index (χ1v) is 9.46. The predicted octanol–water partition coefficient (Wildman–Crippen LogP) is 3.88. The largest absolute Gasteiger partial charge is 0.497 e. The highest BCUT2D eigenvalue weighted by molar-refractivity contribution is 6.02. The summed E-state index contributed by atoms with van der Waals surface area (Å²) in [5.41, 5.74) is 2.61. The van der Waals surface area contributed by atoms with Crippen LogP contribution in [0, 0.1) is 0 Å². The van der Waals surface area contributed by atoms with Gasteiger partial charge in [-0.1, -0.05) is 36.4 Å². The van der Waals surface area contributed by atoms with E-state index in [1.54, 1.807) is 13.2 Å². The average Bonchev–Trinajstić information content (AvgIpc) is 3.06. The molecule has 0 saturated heterocycles. The lowest BCUT2D eigenvalue weighted by Gasteiger charge is -2.07. The Hall–Kier alpha value is -3.60. The number of ketones is 1. The highest BCUT2D eigenvalue weighted by Gasteiger charge is 2.13. The molecule has 29 heavy (non-hydrogen) atoms. The fourth-order valence-corrected chi connectivity index (χ4v) is 3.61. The third kappa shape index (κ3) is 3.85. The Kier molecular flexibility index (Phi) is 5.04. The van der Waals surface area contributed by atoms with Crippen molar-refractivity contribution in [2.24, 2.45) is 7.05 Å². The Morgan fingerprint density at radius 3 is 2.59 bits per heavy atom. The molecule has 0 aliphatic heterocycles. The quantitative estimate of drug-likeness (QED) is 0.512. The van der Waals surface area contributed by atoms with Gasteiger partial charge in [0.15, 0.2) is 5.78 Å². The number of fused-ring (bicyclic) bond motifs is 2. The fraction of sp³-hybridized carbons (Fsp3) is 0.167. The van der Waals surface area contributed by atoms with E-state index in [4.69, 9.17) is 4.74 Å². The number of methoxy groups -OCH3 is 1. The molecule has 0 atom stereocenters. The molecule has 0 unspecified atom stereocenters. The molecule has 1 aromatic heterocycles. The van der Waals surface area contributed by atoms with Crippen LogP contribution in [0.2, 0.25) is 0 Å². The van der Waals surface area contributed by atoms with Crippen LogP contribution in [0.25, 0.3) is 21.7 Å². The van der Waals surface area contributed by atoms with Gasteiger partial charge in [-0.25, -0.2) is 0 Å². The number of Topliss-reactive ketones (excluding diaryl/α,β-unsaturated/α-hetero) is 1. The number of carbonyl (C=O) groups is 2. The molecule has 1 heterocycles. The standard InChI is InChI=1S/C24H22N2O3/c1-26-15-19(21-5-3-4-6-22(21)26)13-24(28)25-14-23(27)18-8-7-17-12-20(29-2)10-9-16(17)11-18/h3-12,15H,13-14H2,1-2H3,(H,25,28). The number of rotatable bonds is 6. The van der Waals surface area contributed by atoms with Crippen molar-refractivity contribution in [3.8, 4) is 5.75 Å². The molecule has 0 bridgehead atoms. The molecule has 0 aliphatic carbocycles. The van der Waals surface area contributed by atoms with Crippen LogP contribution in [0.1, 0.15) is 15.9 Å². The lowest BCUT2D eigenvalue weighted by molar-refractivity contribution is -0.120. The molecular formula is C24H22N2O3. The number of hydrogen-bond acceptors (Lipinski definition) is 3. The first-order valence-electron chi connectivity index (χ1n) is 9.46. The Bertz CT molecular complexity index is 1220. The van der Waals surface area contributed by atoms with Gasteiger partial charge in [0.25, 0.3) is 0 Å². The molecule has 0 saturated carbocycles. The third-order valence-corrected chi connectivity index (χ3v) is 5.15. The van der Waals surface area contributed by atoms with Gasteiger partial charge in [-0.3, -0.25) is 9.59 Å². The minimum Gasteiger partial charge on any atom is -0.497 e. The molecule has 0 radical (unpaired) electrons. The second-order valence-electron chi connectivity index (χ2n) is 7.09. The molecule has 0 fully saturated rings. The first-order chi connectivity index (χ1) is 14.0. The van der Waals surface area contributed by atoms with E-state index in [2.05, 4.69) is 5.32 Å². The van der Waals surface area contributed by atoms with E-state index in [9.17, 15) is 9.59 Å². The van der Waals surface area contributed by atoms with Crippen molar-refractivity contribution in [2.75, 3.05) is 13.7 Å². The molecule has 0 spiro atoms. The molecule has 0 aliphatic rings. The number of aromatic nitrogens is 1. The molecule has 4 aromatic rings. The van der Waals surface area contributed by atoms with Crippen molar-refractivity contribution in [3.05, 3.63) is 78.0 Å². The van der Waals surface area contributed by atoms with Crippen molar-refractivity contribution in [3.63, 3.8) is 0 Å². The lowest BCUT2D eigenvalue weighted by Crippen LogP contribution is -2.30. The summed E-state index contributed by atoms with van der Waals surface area (Å²) in [6.45, 7) is -0.0226. The van der Waals surface area contributed by atoms with Gasteiger partial charge in [0.05, 0.1) is 20.1 Å². The Morgan fingerprint density at radius 2 is 1.76 bits per heavy atom. The summed E-state index contributed by atoms with van der Waals surface area (Å²) in [5.74, 6) is 0.492. The van der Waals surface area contributed by atoms with Gasteiger partial charge in [-0.2, -0.15) is 0 Å². The van der Waals surface area contributed by atoms with Gasteiger partial charge in [0, 0.05) is 29.7 Å². The number of amides is 1. The van der Waals surface area contributed by atoms with Crippen LogP contribution in [0.5, 0.6) is 5.75 Å². The van der Waals surface area contributed by atoms with Crippen molar-refractivity contribution >= 4 is 33.4 Å². The minimum atomic E-state index is -0.166. The molecule has 1 amide bonds. The molecular weight excluding hydrogens is 364 g/mol. The molecule has 146 valence electrons. The van der Waals surface area contributed by atoms with Gasteiger partial charge in [-0.05, 0) is 40.6 Å². The summed E-state index contributed by atoms with van der Waals surface area (Å²) in [6.07, 6.45) is 2.20. The van der Waals surface area contributed by atoms with Crippen LogP contribution in [-0.2, 0) is 18.3 Å². The zero-order valence-electron chi connectivity index (χ0n) is 16.4. The second-order valence-corrected chi connectivity index (χ2v) is 7.09. The maximum atomic E-state index is 12.5. The maximum absolute atomic E-state index is 12.5. The van der Waals surface area contributed by atoms with Gasteiger partial charge in [0.2, 0.25) is 5.91 Å². The summed E-state index contributed by atoms with van der Waals surface area (Å²) in [5, 5.41) is 5.77. The highest BCUT2D eigenvalue weighted by Crippen LogP contribution is 2.22. The summed E-state index contributed by atoms with van der Waals surface area (Å²) >= 11 is 0. The van der Waals surface area contributed by atoms with Crippen LogP contribution < -0.4 is 10.1 Å². The van der Waals surface area contributed by atoms with Crippen molar-refractivity contribution in [1.82, 2.24) is 9.88 Å². The number of benzene rings is 3. The normalized spacial score (nSPS) is 11.0. The number of hydrogen-bond donors (Lipinski definition) is 1. The monoisotopic (exact) mass is 386 g/mol. The van der Waals surface area contributed by atoms with Crippen molar-refractivity contribution < 1.29 is 14.3 Å². The van der Waals surface area contributed by atoms with Crippen LogP contribution in [0.4, 0.5) is 0 Å². The summed E-state index contributed by atoms with van der Waals surface area (Å²) in [7, 11) is 3.59. The van der Waals surface area contributed by atoms with Crippen LogP contribution in [0.3, 0.4) is 0 Å². The average molecular weight is 386 g/mol. The molecule has 5 nitrogen and oxygen atoms in total. The number of nitrogens with one attached hydrogen (secondary N) is 1. The van der Waals surface area contributed by atoms with E-state index in [-0.39, 0.29) is 24.7 Å². The van der Waals surface area contributed by atoms with Crippen LogP contribution in [-0.4, -0.2) is 29.9 Å².